The van der Waals surface area contributed by atoms with Crippen LogP contribution in [0.25, 0.3) is 0 Å². The van der Waals surface area contributed by atoms with Gasteiger partial charge in [-0.3, -0.25) is 4.79 Å². The SMILES string of the molecule is CC(Nc1ccc2c(c1)OCO2)C(=O)Nc1ccc(F)c(F)c1F. The van der Waals surface area contributed by atoms with Crippen LogP contribution in [0, 0.1) is 17.5 Å². The quantitative estimate of drug-likeness (QED) is 0.840. The molecule has 0 bridgehead atoms. The van der Waals surface area contributed by atoms with Crippen molar-refractivity contribution in [1.82, 2.24) is 0 Å². The zero-order valence-electron chi connectivity index (χ0n) is 12.5. The van der Waals surface area contributed by atoms with Gasteiger partial charge in [-0.15, -0.1) is 0 Å². The van der Waals surface area contributed by atoms with Crippen molar-refractivity contribution < 1.29 is 27.4 Å². The Labute approximate surface area is 135 Å². The minimum atomic E-state index is -1.64. The van der Waals surface area contributed by atoms with E-state index in [4.69, 9.17) is 9.47 Å². The molecular weight excluding hydrogens is 325 g/mol. The number of hydrogen-bond donors (Lipinski definition) is 2. The van der Waals surface area contributed by atoms with E-state index in [1.54, 1.807) is 18.2 Å². The van der Waals surface area contributed by atoms with E-state index in [9.17, 15) is 18.0 Å². The summed E-state index contributed by atoms with van der Waals surface area (Å²) in [6, 6.07) is 5.96. The van der Waals surface area contributed by atoms with Crippen LogP contribution in [-0.2, 0) is 4.79 Å². The zero-order valence-corrected chi connectivity index (χ0v) is 12.5. The van der Waals surface area contributed by atoms with Crippen molar-refractivity contribution in [1.29, 1.82) is 0 Å². The minimum Gasteiger partial charge on any atom is -0.454 e. The second kappa shape index (κ2) is 6.31. The van der Waals surface area contributed by atoms with Crippen LogP contribution in [0.4, 0.5) is 24.5 Å². The van der Waals surface area contributed by atoms with Gasteiger partial charge in [0.2, 0.25) is 12.7 Å². The molecule has 3 rings (SSSR count). The van der Waals surface area contributed by atoms with Gasteiger partial charge in [0.05, 0.1) is 5.69 Å². The molecule has 8 heteroatoms. The van der Waals surface area contributed by atoms with E-state index in [1.165, 1.54) is 6.92 Å². The van der Waals surface area contributed by atoms with Crippen molar-refractivity contribution in [3.05, 3.63) is 47.8 Å². The number of rotatable bonds is 4. The molecule has 24 heavy (non-hydrogen) atoms. The van der Waals surface area contributed by atoms with Gasteiger partial charge in [-0.05, 0) is 31.2 Å². The fraction of sp³-hybridized carbons (Fsp3) is 0.188. The molecule has 1 aliphatic heterocycles. The lowest BCUT2D eigenvalue weighted by Gasteiger charge is -2.16. The van der Waals surface area contributed by atoms with E-state index >= 15 is 0 Å². The molecule has 2 aromatic rings. The van der Waals surface area contributed by atoms with Crippen molar-refractivity contribution in [2.75, 3.05) is 17.4 Å². The summed E-state index contributed by atoms with van der Waals surface area (Å²) in [6.07, 6.45) is 0. The number of anilines is 2. The highest BCUT2D eigenvalue weighted by Gasteiger charge is 2.19. The van der Waals surface area contributed by atoms with Gasteiger partial charge < -0.3 is 20.1 Å². The highest BCUT2D eigenvalue weighted by molar-refractivity contribution is 5.96. The maximum absolute atomic E-state index is 13.6. The number of ether oxygens (including phenoxy) is 2. The van der Waals surface area contributed by atoms with Gasteiger partial charge in [-0.2, -0.15) is 0 Å². The molecule has 0 aromatic heterocycles. The molecule has 1 amide bonds. The molecule has 126 valence electrons. The molecule has 0 radical (unpaired) electrons. The molecule has 1 unspecified atom stereocenters. The second-order valence-electron chi connectivity index (χ2n) is 5.15. The number of fused-ring (bicyclic) bond motifs is 1. The Kier molecular flexibility index (Phi) is 4.20. The monoisotopic (exact) mass is 338 g/mol. The van der Waals surface area contributed by atoms with E-state index in [1.807, 2.05) is 0 Å². The Bertz CT molecular complexity index is 798. The molecule has 0 spiro atoms. The highest BCUT2D eigenvalue weighted by Crippen LogP contribution is 2.34. The van der Waals surface area contributed by atoms with Gasteiger partial charge >= 0.3 is 0 Å². The van der Waals surface area contributed by atoms with Gasteiger partial charge in [0.15, 0.2) is 29.0 Å². The summed E-state index contributed by atoms with van der Waals surface area (Å²) >= 11 is 0. The predicted molar refractivity (Wildman–Crippen MR) is 80.6 cm³/mol. The predicted octanol–water partition coefficient (Wildman–Crippen LogP) is 3.27. The maximum Gasteiger partial charge on any atom is 0.246 e. The topological polar surface area (TPSA) is 59.6 Å². The lowest BCUT2D eigenvalue weighted by molar-refractivity contribution is -0.116. The fourth-order valence-corrected chi connectivity index (χ4v) is 2.17. The second-order valence-corrected chi connectivity index (χ2v) is 5.15. The number of amides is 1. The van der Waals surface area contributed by atoms with Gasteiger partial charge in [-0.25, -0.2) is 13.2 Å². The molecule has 5 nitrogen and oxygen atoms in total. The average Bonchev–Trinajstić information content (AvgIpc) is 3.03. The Hall–Kier alpha value is -2.90. The Morgan fingerprint density at radius 3 is 2.62 bits per heavy atom. The lowest BCUT2D eigenvalue weighted by Crippen LogP contribution is -2.32. The lowest BCUT2D eigenvalue weighted by atomic mass is 10.2. The minimum absolute atomic E-state index is 0.129. The largest absolute Gasteiger partial charge is 0.454 e. The third kappa shape index (κ3) is 3.08. The first-order valence-corrected chi connectivity index (χ1v) is 7.06. The van der Waals surface area contributed by atoms with Crippen LogP contribution in [0.3, 0.4) is 0 Å². The van der Waals surface area contributed by atoms with Crippen LogP contribution in [-0.4, -0.2) is 18.7 Å². The molecule has 2 aromatic carbocycles. The standard InChI is InChI=1S/C16H13F3N2O3/c1-8(20-9-2-5-12-13(6-9)24-7-23-12)16(22)21-11-4-3-10(17)14(18)15(11)19/h2-6,8,20H,7H2,1H3,(H,21,22). The van der Waals surface area contributed by atoms with Gasteiger partial charge in [0, 0.05) is 11.8 Å². The highest BCUT2D eigenvalue weighted by atomic mass is 19.2. The van der Waals surface area contributed by atoms with Gasteiger partial charge in [0.1, 0.15) is 6.04 Å². The maximum atomic E-state index is 13.6. The molecule has 2 N–H and O–H groups in total. The summed E-state index contributed by atoms with van der Waals surface area (Å²) in [4.78, 5) is 12.1. The van der Waals surface area contributed by atoms with E-state index < -0.39 is 35.1 Å². The third-order valence-corrected chi connectivity index (χ3v) is 3.44. The summed E-state index contributed by atoms with van der Waals surface area (Å²) < 4.78 is 50.1. The number of nitrogens with one attached hydrogen (secondary N) is 2. The number of benzene rings is 2. The van der Waals surface area contributed by atoms with Crippen molar-refractivity contribution in [2.45, 2.75) is 13.0 Å². The van der Waals surface area contributed by atoms with Crippen LogP contribution in [0.1, 0.15) is 6.92 Å². The Balaban J connectivity index is 1.68. The summed E-state index contributed by atoms with van der Waals surface area (Å²) in [5, 5.41) is 5.11. The number of carbonyl (C=O) groups excluding carboxylic acids is 1. The van der Waals surface area contributed by atoms with Gasteiger partial charge in [-0.1, -0.05) is 0 Å². The summed E-state index contributed by atoms with van der Waals surface area (Å²) in [5.41, 5.74) is 0.158. The summed E-state index contributed by atoms with van der Waals surface area (Å²) in [6.45, 7) is 1.67. The normalized spacial score (nSPS) is 13.5. The van der Waals surface area contributed by atoms with Crippen LogP contribution in [0.15, 0.2) is 30.3 Å². The molecule has 0 saturated carbocycles. The Morgan fingerprint density at radius 2 is 1.83 bits per heavy atom. The molecule has 0 saturated heterocycles. The first-order valence-electron chi connectivity index (χ1n) is 7.06. The molecule has 1 heterocycles. The smallest absolute Gasteiger partial charge is 0.246 e. The summed E-state index contributed by atoms with van der Waals surface area (Å²) in [7, 11) is 0. The van der Waals surface area contributed by atoms with E-state index in [-0.39, 0.29) is 6.79 Å². The van der Waals surface area contributed by atoms with Crippen LogP contribution >= 0.6 is 0 Å². The number of carbonyl (C=O) groups is 1. The van der Waals surface area contributed by atoms with Crippen molar-refractivity contribution in [3.8, 4) is 11.5 Å². The van der Waals surface area contributed by atoms with Crippen LogP contribution in [0.5, 0.6) is 11.5 Å². The third-order valence-electron chi connectivity index (χ3n) is 3.44. The van der Waals surface area contributed by atoms with Crippen molar-refractivity contribution in [2.24, 2.45) is 0 Å². The van der Waals surface area contributed by atoms with E-state index in [0.717, 1.165) is 12.1 Å². The molecule has 1 aliphatic rings. The first kappa shape index (κ1) is 16.0. The molecule has 0 fully saturated rings. The van der Waals surface area contributed by atoms with E-state index in [0.29, 0.717) is 17.2 Å². The van der Waals surface area contributed by atoms with E-state index in [2.05, 4.69) is 10.6 Å². The number of hydrogen-bond acceptors (Lipinski definition) is 4. The average molecular weight is 338 g/mol. The summed E-state index contributed by atoms with van der Waals surface area (Å²) in [5.74, 6) is -3.88. The Morgan fingerprint density at radius 1 is 1.08 bits per heavy atom. The molecular formula is C16H13F3N2O3. The molecule has 0 aliphatic carbocycles. The fourth-order valence-electron chi connectivity index (χ4n) is 2.17. The van der Waals surface area contributed by atoms with Crippen LogP contribution in [0.2, 0.25) is 0 Å². The zero-order chi connectivity index (χ0) is 17.3. The van der Waals surface area contributed by atoms with Crippen LogP contribution < -0.4 is 20.1 Å². The van der Waals surface area contributed by atoms with Gasteiger partial charge in [0.25, 0.3) is 0 Å². The molecule has 1 atom stereocenters. The van der Waals surface area contributed by atoms with Crippen molar-refractivity contribution >= 4 is 17.3 Å². The first-order chi connectivity index (χ1) is 11.5. The van der Waals surface area contributed by atoms with Crippen molar-refractivity contribution in [3.63, 3.8) is 0 Å². The number of halogens is 3.